The average Bonchev–Trinajstić information content (AvgIpc) is 2.60. The molecule has 0 aliphatic rings. The Morgan fingerprint density at radius 3 is 2.79 bits per heavy atom. The number of nitrogen functional groups attached to an aromatic ring is 1. The predicted octanol–water partition coefficient (Wildman–Crippen LogP) is -0.770. The zero-order valence-electron chi connectivity index (χ0n) is 7.38. The lowest BCUT2D eigenvalue weighted by Crippen LogP contribution is -2.13. The van der Waals surface area contributed by atoms with E-state index < -0.39 is 11.9 Å². The van der Waals surface area contributed by atoms with Crippen LogP contribution in [0.5, 0.6) is 0 Å². The van der Waals surface area contributed by atoms with Crippen molar-refractivity contribution in [2.75, 3.05) is 12.8 Å². The topological polar surface area (TPSA) is 100 Å². The first-order valence-electron chi connectivity index (χ1n) is 3.61. The minimum Gasteiger partial charge on any atom is -0.466 e. The first-order chi connectivity index (χ1) is 6.65. The summed E-state index contributed by atoms with van der Waals surface area (Å²) in [6.07, 6.45) is 3.11. The van der Waals surface area contributed by atoms with Crippen molar-refractivity contribution in [2.24, 2.45) is 0 Å². The van der Waals surface area contributed by atoms with Gasteiger partial charge in [0.25, 0.3) is 5.91 Å². The summed E-state index contributed by atoms with van der Waals surface area (Å²) in [7, 11) is 1.21. The van der Waals surface area contributed by atoms with E-state index in [1.54, 1.807) is 0 Å². The number of esters is 1. The fraction of sp³-hybridized carbons (Fsp3) is 0.143. The average molecular weight is 196 g/mol. The number of carbonyl (C=O) groups is 2. The minimum atomic E-state index is -0.628. The highest BCUT2D eigenvalue weighted by Gasteiger charge is 2.06. The van der Waals surface area contributed by atoms with Gasteiger partial charge in [-0.1, -0.05) is 0 Å². The minimum absolute atomic E-state index is 0.0375. The van der Waals surface area contributed by atoms with E-state index >= 15 is 0 Å². The molecule has 14 heavy (non-hydrogen) atoms. The van der Waals surface area contributed by atoms with Crippen LogP contribution < -0.4 is 5.73 Å². The van der Waals surface area contributed by atoms with Crippen LogP contribution in [-0.4, -0.2) is 33.8 Å². The van der Waals surface area contributed by atoms with Gasteiger partial charge in [0, 0.05) is 12.2 Å². The smallest absolute Gasteiger partial charge is 0.330 e. The Bertz CT molecular complexity index is 382. The number of ether oxygens (including phenoxy) is 1. The molecule has 1 rings (SSSR count). The fourth-order valence-electron chi connectivity index (χ4n) is 0.698. The normalized spacial score (nSPS) is 10.4. The van der Waals surface area contributed by atoms with Crippen LogP contribution in [0.25, 0.3) is 0 Å². The lowest BCUT2D eigenvalue weighted by molar-refractivity contribution is -0.134. The Morgan fingerprint density at radius 1 is 1.57 bits per heavy atom. The van der Waals surface area contributed by atoms with E-state index in [9.17, 15) is 9.59 Å². The molecule has 0 bridgehead atoms. The molecule has 7 heteroatoms. The third-order valence-electron chi connectivity index (χ3n) is 1.35. The Hall–Kier alpha value is -2.18. The molecule has 0 amide bonds. The monoisotopic (exact) mass is 196 g/mol. The lowest BCUT2D eigenvalue weighted by Gasteiger charge is -1.94. The van der Waals surface area contributed by atoms with Crippen molar-refractivity contribution in [3.63, 3.8) is 0 Å². The van der Waals surface area contributed by atoms with E-state index in [4.69, 9.17) is 5.73 Å². The number of hydrogen-bond acceptors (Lipinski definition) is 6. The number of carbonyl (C=O) groups excluding carboxylic acids is 2. The second kappa shape index (κ2) is 4.17. The SMILES string of the molecule is COC(=O)/C=C/C(=O)n1ncnc1N. The fourth-order valence-corrected chi connectivity index (χ4v) is 0.698. The van der Waals surface area contributed by atoms with Crippen LogP contribution in [0.1, 0.15) is 4.79 Å². The number of aromatic nitrogens is 3. The molecule has 7 nitrogen and oxygen atoms in total. The van der Waals surface area contributed by atoms with E-state index in [0.29, 0.717) is 0 Å². The van der Waals surface area contributed by atoms with E-state index in [2.05, 4.69) is 14.8 Å². The van der Waals surface area contributed by atoms with Crippen LogP contribution >= 0.6 is 0 Å². The van der Waals surface area contributed by atoms with Gasteiger partial charge in [0.15, 0.2) is 0 Å². The molecule has 1 aromatic heterocycles. The molecule has 0 unspecified atom stereocenters. The Morgan fingerprint density at radius 2 is 2.29 bits per heavy atom. The van der Waals surface area contributed by atoms with Gasteiger partial charge in [-0.25, -0.2) is 4.79 Å². The molecule has 0 atom stereocenters. The summed E-state index contributed by atoms with van der Waals surface area (Å²) in [5.74, 6) is -1.23. The van der Waals surface area contributed by atoms with Crippen molar-refractivity contribution in [1.29, 1.82) is 0 Å². The van der Waals surface area contributed by atoms with Crippen LogP contribution in [0.3, 0.4) is 0 Å². The van der Waals surface area contributed by atoms with Crippen molar-refractivity contribution in [1.82, 2.24) is 14.8 Å². The van der Waals surface area contributed by atoms with Crippen molar-refractivity contribution in [3.8, 4) is 0 Å². The molecule has 0 saturated carbocycles. The van der Waals surface area contributed by atoms with E-state index in [1.807, 2.05) is 0 Å². The standard InChI is InChI=1S/C7H8N4O3/c1-14-6(13)3-2-5(12)11-7(8)9-4-10-11/h2-4H,1H3,(H2,8,9,10)/b3-2+. The predicted molar refractivity (Wildman–Crippen MR) is 46.2 cm³/mol. The summed E-state index contributed by atoms with van der Waals surface area (Å²) >= 11 is 0. The maximum atomic E-state index is 11.2. The molecule has 0 radical (unpaired) electrons. The number of rotatable bonds is 2. The van der Waals surface area contributed by atoms with E-state index in [-0.39, 0.29) is 5.95 Å². The van der Waals surface area contributed by atoms with Gasteiger partial charge in [-0.3, -0.25) is 4.79 Å². The third kappa shape index (κ3) is 2.16. The zero-order valence-corrected chi connectivity index (χ0v) is 7.38. The van der Waals surface area contributed by atoms with E-state index in [1.165, 1.54) is 7.11 Å². The largest absolute Gasteiger partial charge is 0.466 e. The Balaban J connectivity index is 2.73. The maximum absolute atomic E-state index is 11.2. The molecular weight excluding hydrogens is 188 g/mol. The van der Waals surface area contributed by atoms with Crippen LogP contribution in [0, 0.1) is 0 Å². The molecule has 0 aromatic carbocycles. The zero-order chi connectivity index (χ0) is 10.6. The summed E-state index contributed by atoms with van der Waals surface area (Å²) in [5, 5.41) is 3.55. The number of nitrogens with two attached hydrogens (primary N) is 1. The molecule has 2 N–H and O–H groups in total. The summed E-state index contributed by atoms with van der Waals surface area (Å²) in [5.41, 5.74) is 5.30. The molecular formula is C7H8N4O3. The first kappa shape index (κ1) is 9.90. The Labute approximate surface area is 79.2 Å². The van der Waals surface area contributed by atoms with Crippen LogP contribution in [0.4, 0.5) is 5.95 Å². The van der Waals surface area contributed by atoms with Gasteiger partial charge in [0.2, 0.25) is 5.95 Å². The van der Waals surface area contributed by atoms with Gasteiger partial charge in [-0.05, 0) is 0 Å². The molecule has 0 spiro atoms. The Kier molecular flexibility index (Phi) is 2.95. The maximum Gasteiger partial charge on any atom is 0.330 e. The molecule has 1 aromatic rings. The molecule has 0 saturated heterocycles. The summed E-state index contributed by atoms with van der Waals surface area (Å²) in [6, 6.07) is 0. The van der Waals surface area contributed by atoms with Crippen molar-refractivity contribution in [3.05, 3.63) is 18.5 Å². The number of anilines is 1. The highest BCUT2D eigenvalue weighted by Crippen LogP contribution is 1.94. The van der Waals surface area contributed by atoms with E-state index in [0.717, 1.165) is 23.2 Å². The van der Waals surface area contributed by atoms with Crippen LogP contribution in [-0.2, 0) is 9.53 Å². The van der Waals surface area contributed by atoms with Gasteiger partial charge in [-0.2, -0.15) is 14.8 Å². The van der Waals surface area contributed by atoms with Gasteiger partial charge in [-0.15, -0.1) is 0 Å². The van der Waals surface area contributed by atoms with Crippen molar-refractivity contribution >= 4 is 17.8 Å². The number of nitrogens with zero attached hydrogens (tertiary/aromatic N) is 3. The summed E-state index contributed by atoms with van der Waals surface area (Å²) in [6.45, 7) is 0. The van der Waals surface area contributed by atoms with Gasteiger partial charge >= 0.3 is 5.97 Å². The molecule has 1 heterocycles. The summed E-state index contributed by atoms with van der Waals surface area (Å²) < 4.78 is 5.15. The van der Waals surface area contributed by atoms with Gasteiger partial charge in [0.1, 0.15) is 6.33 Å². The van der Waals surface area contributed by atoms with Crippen molar-refractivity contribution in [2.45, 2.75) is 0 Å². The number of allylic oxidation sites excluding steroid dienone is 1. The second-order valence-corrected chi connectivity index (χ2v) is 2.22. The highest BCUT2D eigenvalue weighted by molar-refractivity contribution is 5.96. The van der Waals surface area contributed by atoms with Crippen LogP contribution in [0.15, 0.2) is 18.5 Å². The molecule has 0 fully saturated rings. The summed E-state index contributed by atoms with van der Waals surface area (Å²) in [4.78, 5) is 25.4. The van der Waals surface area contributed by atoms with Gasteiger partial charge < -0.3 is 10.5 Å². The number of methoxy groups -OCH3 is 1. The highest BCUT2D eigenvalue weighted by atomic mass is 16.5. The molecule has 0 aliphatic carbocycles. The quantitative estimate of drug-likeness (QED) is 0.492. The molecule has 0 aliphatic heterocycles. The number of hydrogen-bond donors (Lipinski definition) is 1. The third-order valence-corrected chi connectivity index (χ3v) is 1.35. The van der Waals surface area contributed by atoms with Crippen LogP contribution in [0.2, 0.25) is 0 Å². The molecule has 74 valence electrons. The second-order valence-electron chi connectivity index (χ2n) is 2.22. The van der Waals surface area contributed by atoms with Crippen molar-refractivity contribution < 1.29 is 14.3 Å². The first-order valence-corrected chi connectivity index (χ1v) is 3.61. The van der Waals surface area contributed by atoms with Gasteiger partial charge in [0.05, 0.1) is 7.11 Å². The lowest BCUT2D eigenvalue weighted by atomic mass is 10.5.